The molecular formula is C14H10N4O3. The molecule has 21 heavy (non-hydrogen) atoms. The number of nitro groups is 1. The molecule has 0 radical (unpaired) electrons. The highest BCUT2D eigenvalue weighted by Gasteiger charge is 2.24. The molecule has 0 fully saturated rings. The van der Waals surface area contributed by atoms with Gasteiger partial charge in [0.15, 0.2) is 0 Å². The van der Waals surface area contributed by atoms with E-state index in [0.29, 0.717) is 5.52 Å². The topological polar surface area (TPSA) is 115 Å². The Hall–Kier alpha value is -3.22. The molecule has 0 saturated carbocycles. The highest BCUT2D eigenvalue weighted by atomic mass is 16.6. The van der Waals surface area contributed by atoms with Crippen molar-refractivity contribution in [2.75, 3.05) is 0 Å². The first-order valence-electron chi connectivity index (χ1n) is 6.10. The van der Waals surface area contributed by atoms with Gasteiger partial charge in [0.1, 0.15) is 11.4 Å². The SMILES string of the molecule is NC(=O)c1cccc([N+](=O)[O-])c1-c1nc2ccccc2[nH]1. The normalized spacial score (nSPS) is 10.7. The summed E-state index contributed by atoms with van der Waals surface area (Å²) in [7, 11) is 0. The van der Waals surface area contributed by atoms with Crippen molar-refractivity contribution in [3.05, 3.63) is 58.1 Å². The second kappa shape index (κ2) is 4.71. The van der Waals surface area contributed by atoms with E-state index in [0.717, 1.165) is 5.52 Å². The molecule has 1 amide bonds. The molecule has 0 aliphatic carbocycles. The molecule has 0 unspecified atom stereocenters. The Balaban J connectivity index is 2.33. The highest BCUT2D eigenvalue weighted by Crippen LogP contribution is 2.32. The zero-order valence-corrected chi connectivity index (χ0v) is 10.7. The fourth-order valence-corrected chi connectivity index (χ4v) is 2.22. The van der Waals surface area contributed by atoms with Crippen LogP contribution >= 0.6 is 0 Å². The number of nitro benzene ring substituents is 1. The lowest BCUT2D eigenvalue weighted by molar-refractivity contribution is -0.384. The van der Waals surface area contributed by atoms with Gasteiger partial charge < -0.3 is 10.7 Å². The monoisotopic (exact) mass is 282 g/mol. The molecule has 0 saturated heterocycles. The predicted octanol–water partition coefficient (Wildman–Crippen LogP) is 2.24. The number of amides is 1. The third-order valence-electron chi connectivity index (χ3n) is 3.13. The number of benzene rings is 2. The van der Waals surface area contributed by atoms with Crippen LogP contribution in [0.3, 0.4) is 0 Å². The number of carbonyl (C=O) groups excluding carboxylic acids is 1. The number of nitrogens with one attached hydrogen (secondary N) is 1. The molecule has 7 heteroatoms. The van der Waals surface area contributed by atoms with Crippen molar-refractivity contribution in [1.82, 2.24) is 9.97 Å². The number of para-hydroxylation sites is 2. The molecule has 1 aromatic heterocycles. The lowest BCUT2D eigenvalue weighted by Gasteiger charge is -2.04. The zero-order chi connectivity index (χ0) is 15.0. The maximum absolute atomic E-state index is 11.5. The Bertz CT molecular complexity index is 804. The number of aromatic nitrogens is 2. The van der Waals surface area contributed by atoms with Crippen LogP contribution in [0.5, 0.6) is 0 Å². The maximum Gasteiger partial charge on any atom is 0.281 e. The third kappa shape index (κ3) is 2.10. The number of fused-ring (bicyclic) bond motifs is 1. The largest absolute Gasteiger partial charge is 0.366 e. The van der Waals surface area contributed by atoms with Crippen molar-refractivity contribution < 1.29 is 9.72 Å². The lowest BCUT2D eigenvalue weighted by atomic mass is 10.0. The fourth-order valence-electron chi connectivity index (χ4n) is 2.22. The van der Waals surface area contributed by atoms with Gasteiger partial charge in [-0.15, -0.1) is 0 Å². The van der Waals surface area contributed by atoms with Crippen LogP contribution in [0.1, 0.15) is 10.4 Å². The summed E-state index contributed by atoms with van der Waals surface area (Å²) in [6, 6.07) is 11.4. The molecule has 0 atom stereocenters. The van der Waals surface area contributed by atoms with E-state index in [4.69, 9.17) is 5.73 Å². The van der Waals surface area contributed by atoms with Gasteiger partial charge in [0, 0.05) is 6.07 Å². The van der Waals surface area contributed by atoms with E-state index in [1.807, 2.05) is 6.07 Å². The van der Waals surface area contributed by atoms with Gasteiger partial charge >= 0.3 is 0 Å². The van der Waals surface area contributed by atoms with Crippen molar-refractivity contribution >= 4 is 22.6 Å². The molecule has 3 rings (SSSR count). The predicted molar refractivity (Wildman–Crippen MR) is 76.7 cm³/mol. The van der Waals surface area contributed by atoms with Crippen LogP contribution in [0.4, 0.5) is 5.69 Å². The van der Waals surface area contributed by atoms with Crippen LogP contribution < -0.4 is 5.73 Å². The Kier molecular flexibility index (Phi) is 2.87. The minimum atomic E-state index is -0.742. The van der Waals surface area contributed by atoms with Crippen LogP contribution in [0.25, 0.3) is 22.4 Å². The first-order valence-corrected chi connectivity index (χ1v) is 6.10. The Morgan fingerprint density at radius 3 is 2.62 bits per heavy atom. The molecule has 2 aromatic carbocycles. The first kappa shape index (κ1) is 12.8. The van der Waals surface area contributed by atoms with Crippen molar-refractivity contribution in [2.45, 2.75) is 0 Å². The van der Waals surface area contributed by atoms with E-state index < -0.39 is 10.8 Å². The van der Waals surface area contributed by atoms with Gasteiger partial charge in [-0.25, -0.2) is 4.98 Å². The Morgan fingerprint density at radius 1 is 1.19 bits per heavy atom. The van der Waals surface area contributed by atoms with Crippen LogP contribution in [0.15, 0.2) is 42.5 Å². The first-order chi connectivity index (χ1) is 10.1. The van der Waals surface area contributed by atoms with E-state index >= 15 is 0 Å². The number of nitrogens with two attached hydrogens (primary N) is 1. The lowest BCUT2D eigenvalue weighted by Crippen LogP contribution is -2.13. The molecule has 1 heterocycles. The molecule has 0 aliphatic heterocycles. The number of aromatic amines is 1. The van der Waals surface area contributed by atoms with Gasteiger partial charge in [0.2, 0.25) is 5.91 Å². The van der Waals surface area contributed by atoms with Crippen molar-refractivity contribution in [3.63, 3.8) is 0 Å². The van der Waals surface area contributed by atoms with Crippen molar-refractivity contribution in [2.24, 2.45) is 5.73 Å². The minimum Gasteiger partial charge on any atom is -0.366 e. The molecule has 0 bridgehead atoms. The van der Waals surface area contributed by atoms with Crippen molar-refractivity contribution in [3.8, 4) is 11.4 Å². The molecule has 104 valence electrons. The van der Waals surface area contributed by atoms with Crippen LogP contribution in [0, 0.1) is 10.1 Å². The average molecular weight is 282 g/mol. The van der Waals surface area contributed by atoms with Gasteiger partial charge in [-0.05, 0) is 18.2 Å². The summed E-state index contributed by atoms with van der Waals surface area (Å²) in [6.07, 6.45) is 0. The highest BCUT2D eigenvalue weighted by molar-refractivity contribution is 6.02. The molecule has 3 aromatic rings. The second-order valence-corrected chi connectivity index (χ2v) is 4.42. The van der Waals surface area contributed by atoms with Crippen LogP contribution in [-0.2, 0) is 0 Å². The van der Waals surface area contributed by atoms with E-state index in [1.165, 1.54) is 18.2 Å². The Labute approximate surface area is 118 Å². The number of carbonyl (C=O) groups is 1. The van der Waals surface area contributed by atoms with Gasteiger partial charge in [-0.3, -0.25) is 14.9 Å². The van der Waals surface area contributed by atoms with E-state index in [-0.39, 0.29) is 22.6 Å². The number of rotatable bonds is 3. The number of H-pyrrole nitrogens is 1. The number of hydrogen-bond donors (Lipinski definition) is 2. The summed E-state index contributed by atoms with van der Waals surface area (Å²) in [5.41, 5.74) is 6.63. The Morgan fingerprint density at radius 2 is 1.95 bits per heavy atom. The molecular weight excluding hydrogens is 272 g/mol. The average Bonchev–Trinajstić information content (AvgIpc) is 2.89. The molecule has 0 spiro atoms. The third-order valence-corrected chi connectivity index (χ3v) is 3.13. The number of imidazole rings is 1. The van der Waals surface area contributed by atoms with E-state index in [2.05, 4.69) is 9.97 Å². The fraction of sp³-hybridized carbons (Fsp3) is 0. The molecule has 3 N–H and O–H groups in total. The zero-order valence-electron chi connectivity index (χ0n) is 10.7. The van der Waals surface area contributed by atoms with Gasteiger partial charge in [0.05, 0.1) is 21.5 Å². The second-order valence-electron chi connectivity index (χ2n) is 4.42. The van der Waals surface area contributed by atoms with Gasteiger partial charge in [-0.2, -0.15) is 0 Å². The molecule has 7 nitrogen and oxygen atoms in total. The summed E-state index contributed by atoms with van der Waals surface area (Å²) in [6.45, 7) is 0. The number of nitrogens with zero attached hydrogens (tertiary/aromatic N) is 2. The van der Waals surface area contributed by atoms with Gasteiger partial charge in [-0.1, -0.05) is 18.2 Å². The quantitative estimate of drug-likeness (QED) is 0.566. The van der Waals surface area contributed by atoms with Gasteiger partial charge in [0.25, 0.3) is 5.69 Å². The summed E-state index contributed by atoms with van der Waals surface area (Å²) < 4.78 is 0. The number of primary amides is 1. The summed E-state index contributed by atoms with van der Waals surface area (Å²) >= 11 is 0. The summed E-state index contributed by atoms with van der Waals surface area (Å²) in [4.78, 5) is 29.5. The molecule has 0 aliphatic rings. The van der Waals surface area contributed by atoms with E-state index in [1.54, 1.807) is 18.2 Å². The minimum absolute atomic E-state index is 0.0586. The van der Waals surface area contributed by atoms with Crippen LogP contribution in [0.2, 0.25) is 0 Å². The summed E-state index contributed by atoms with van der Waals surface area (Å²) in [5, 5.41) is 11.2. The maximum atomic E-state index is 11.5. The van der Waals surface area contributed by atoms with E-state index in [9.17, 15) is 14.9 Å². The summed E-state index contributed by atoms with van der Waals surface area (Å²) in [5.74, 6) is -0.494. The number of hydrogen-bond acceptors (Lipinski definition) is 4. The van der Waals surface area contributed by atoms with Crippen LogP contribution in [-0.4, -0.2) is 20.8 Å². The van der Waals surface area contributed by atoms with Crippen molar-refractivity contribution in [1.29, 1.82) is 0 Å². The standard InChI is InChI=1S/C14H10N4O3/c15-13(19)8-4-3-7-11(18(20)21)12(8)14-16-9-5-1-2-6-10(9)17-14/h1-7H,(H2,15,19)(H,16,17). The smallest absolute Gasteiger partial charge is 0.281 e.